The highest BCUT2D eigenvalue weighted by molar-refractivity contribution is 5.94. The monoisotopic (exact) mass is 230 g/mol. The summed E-state index contributed by atoms with van der Waals surface area (Å²) in [5, 5.41) is 10.6. The molecule has 0 aromatic rings. The summed E-state index contributed by atoms with van der Waals surface area (Å²) in [4.78, 5) is 34.2. The van der Waals surface area contributed by atoms with Gasteiger partial charge in [-0.1, -0.05) is 0 Å². The van der Waals surface area contributed by atoms with Crippen LogP contribution in [0, 0.1) is 0 Å². The zero-order valence-corrected chi connectivity index (χ0v) is 9.82. The number of carboxylic acids is 1. The Morgan fingerprint density at radius 3 is 2.25 bits per heavy atom. The molecular weight excluding hydrogens is 212 g/mol. The van der Waals surface area contributed by atoms with E-state index in [1.807, 2.05) is 13.8 Å². The number of nitrogens with one attached hydrogen (secondary N) is 1. The van der Waals surface area contributed by atoms with E-state index in [-0.39, 0.29) is 25.3 Å². The normalized spacial score (nSPS) is 10.0. The second-order valence-corrected chi connectivity index (χ2v) is 3.81. The molecule has 2 N–H and O–H groups in total. The lowest BCUT2D eigenvalue weighted by atomic mass is 10.2. The SMILES string of the molecule is CC(C)N(C)C(=O)NC(=O)CCCC(=O)O. The number of aliphatic carboxylic acids is 1. The number of hydrogen-bond acceptors (Lipinski definition) is 3. The highest BCUT2D eigenvalue weighted by atomic mass is 16.4. The summed E-state index contributed by atoms with van der Waals surface area (Å²) in [6.07, 6.45) is 0.214. The van der Waals surface area contributed by atoms with Crippen LogP contribution in [0.15, 0.2) is 0 Å². The minimum Gasteiger partial charge on any atom is -0.481 e. The van der Waals surface area contributed by atoms with Crippen molar-refractivity contribution in [1.29, 1.82) is 0 Å². The number of imide groups is 1. The molecule has 0 spiro atoms. The van der Waals surface area contributed by atoms with Gasteiger partial charge in [-0.05, 0) is 20.3 Å². The largest absolute Gasteiger partial charge is 0.481 e. The van der Waals surface area contributed by atoms with Gasteiger partial charge >= 0.3 is 12.0 Å². The predicted octanol–water partition coefficient (Wildman–Crippen LogP) is 0.818. The fourth-order valence-corrected chi connectivity index (χ4v) is 0.905. The van der Waals surface area contributed by atoms with Crippen LogP contribution in [0.5, 0.6) is 0 Å². The van der Waals surface area contributed by atoms with Crippen molar-refractivity contribution in [3.63, 3.8) is 0 Å². The van der Waals surface area contributed by atoms with Crippen molar-refractivity contribution in [3.05, 3.63) is 0 Å². The molecule has 0 unspecified atom stereocenters. The Kier molecular flexibility index (Phi) is 6.14. The molecule has 0 radical (unpaired) electrons. The molecule has 0 saturated carbocycles. The van der Waals surface area contributed by atoms with Crippen LogP contribution in [-0.2, 0) is 9.59 Å². The second kappa shape index (κ2) is 6.81. The number of nitrogens with zero attached hydrogens (tertiary/aromatic N) is 1. The smallest absolute Gasteiger partial charge is 0.324 e. The third-order valence-corrected chi connectivity index (χ3v) is 2.14. The fourth-order valence-electron chi connectivity index (χ4n) is 0.905. The number of hydrogen-bond donors (Lipinski definition) is 2. The summed E-state index contributed by atoms with van der Waals surface area (Å²) in [5.74, 6) is -1.39. The van der Waals surface area contributed by atoms with Gasteiger partial charge in [-0.15, -0.1) is 0 Å². The van der Waals surface area contributed by atoms with Crippen LogP contribution < -0.4 is 5.32 Å². The molecule has 92 valence electrons. The van der Waals surface area contributed by atoms with Gasteiger partial charge in [0.1, 0.15) is 0 Å². The fraction of sp³-hybridized carbons (Fsp3) is 0.700. The van der Waals surface area contributed by atoms with Crippen LogP contribution in [0.25, 0.3) is 0 Å². The first kappa shape index (κ1) is 14.4. The number of urea groups is 1. The molecule has 0 bridgehead atoms. The summed E-state index contributed by atoms with van der Waals surface area (Å²) >= 11 is 0. The third kappa shape index (κ3) is 6.00. The Morgan fingerprint density at radius 2 is 1.81 bits per heavy atom. The van der Waals surface area contributed by atoms with E-state index in [1.54, 1.807) is 7.05 Å². The summed E-state index contributed by atoms with van der Waals surface area (Å²) in [6, 6.07) is -0.456. The Bertz CT molecular complexity index is 276. The first-order valence-electron chi connectivity index (χ1n) is 5.13. The number of amides is 3. The van der Waals surface area contributed by atoms with E-state index in [9.17, 15) is 14.4 Å². The first-order valence-corrected chi connectivity index (χ1v) is 5.13. The zero-order valence-electron chi connectivity index (χ0n) is 9.82. The van der Waals surface area contributed by atoms with E-state index >= 15 is 0 Å². The van der Waals surface area contributed by atoms with Gasteiger partial charge in [-0.3, -0.25) is 14.9 Å². The highest BCUT2D eigenvalue weighted by Crippen LogP contribution is 1.97. The molecule has 0 saturated heterocycles. The molecule has 0 aliphatic carbocycles. The molecule has 16 heavy (non-hydrogen) atoms. The van der Waals surface area contributed by atoms with E-state index in [4.69, 9.17) is 5.11 Å². The lowest BCUT2D eigenvalue weighted by Gasteiger charge is -2.21. The van der Waals surface area contributed by atoms with Crippen molar-refractivity contribution in [1.82, 2.24) is 10.2 Å². The molecule has 0 aliphatic rings. The summed E-state index contributed by atoms with van der Waals surface area (Å²) in [7, 11) is 1.59. The maximum atomic E-state index is 11.4. The lowest BCUT2D eigenvalue weighted by Crippen LogP contribution is -2.43. The van der Waals surface area contributed by atoms with Crippen molar-refractivity contribution in [2.24, 2.45) is 0 Å². The minimum absolute atomic E-state index is 0.00631. The molecule has 0 fully saturated rings. The summed E-state index contributed by atoms with van der Waals surface area (Å²) in [5.41, 5.74) is 0. The van der Waals surface area contributed by atoms with E-state index in [0.29, 0.717) is 0 Å². The third-order valence-electron chi connectivity index (χ3n) is 2.14. The molecule has 0 aromatic heterocycles. The van der Waals surface area contributed by atoms with E-state index in [1.165, 1.54) is 4.90 Å². The lowest BCUT2D eigenvalue weighted by molar-refractivity contribution is -0.137. The molecule has 6 nitrogen and oxygen atoms in total. The molecule has 0 rings (SSSR count). The van der Waals surface area contributed by atoms with Gasteiger partial charge in [0, 0.05) is 25.9 Å². The number of carbonyl (C=O) groups excluding carboxylic acids is 2. The Morgan fingerprint density at radius 1 is 1.25 bits per heavy atom. The number of carbonyl (C=O) groups is 3. The maximum Gasteiger partial charge on any atom is 0.324 e. The van der Waals surface area contributed by atoms with Crippen molar-refractivity contribution in [2.75, 3.05) is 7.05 Å². The Hall–Kier alpha value is -1.59. The molecule has 0 heterocycles. The number of carboxylic acid groups (broad SMARTS) is 1. The van der Waals surface area contributed by atoms with Gasteiger partial charge in [0.05, 0.1) is 0 Å². The van der Waals surface area contributed by atoms with Gasteiger partial charge in [0.15, 0.2) is 0 Å². The summed E-state index contributed by atoms with van der Waals surface area (Å²) in [6.45, 7) is 3.66. The van der Waals surface area contributed by atoms with Gasteiger partial charge in [0.2, 0.25) is 5.91 Å². The van der Waals surface area contributed by atoms with Crippen LogP contribution in [0.4, 0.5) is 4.79 Å². The van der Waals surface area contributed by atoms with Gasteiger partial charge in [-0.25, -0.2) is 4.79 Å². The summed E-state index contributed by atoms with van der Waals surface area (Å²) < 4.78 is 0. The van der Waals surface area contributed by atoms with Crippen LogP contribution in [-0.4, -0.2) is 41.0 Å². The van der Waals surface area contributed by atoms with Crippen LogP contribution in [0.1, 0.15) is 33.1 Å². The average molecular weight is 230 g/mol. The van der Waals surface area contributed by atoms with Gasteiger partial charge in [-0.2, -0.15) is 0 Å². The van der Waals surface area contributed by atoms with Crippen LogP contribution in [0.3, 0.4) is 0 Å². The van der Waals surface area contributed by atoms with Crippen LogP contribution >= 0.6 is 0 Å². The van der Waals surface area contributed by atoms with E-state index in [0.717, 1.165) is 0 Å². The quantitative estimate of drug-likeness (QED) is 0.732. The standard InChI is InChI=1S/C10H18N2O4/c1-7(2)12(3)10(16)11-8(13)5-4-6-9(14)15/h7H,4-6H2,1-3H3,(H,14,15)(H,11,13,16). The molecule has 0 aromatic carbocycles. The van der Waals surface area contributed by atoms with E-state index < -0.39 is 17.9 Å². The highest BCUT2D eigenvalue weighted by Gasteiger charge is 2.14. The van der Waals surface area contributed by atoms with Gasteiger partial charge in [0.25, 0.3) is 0 Å². The predicted molar refractivity (Wildman–Crippen MR) is 57.9 cm³/mol. The topological polar surface area (TPSA) is 86.7 Å². The molecule has 6 heteroatoms. The van der Waals surface area contributed by atoms with Gasteiger partial charge < -0.3 is 10.0 Å². The van der Waals surface area contributed by atoms with Crippen molar-refractivity contribution in [2.45, 2.75) is 39.2 Å². The average Bonchev–Trinajstić information content (AvgIpc) is 2.15. The molecule has 0 aliphatic heterocycles. The Labute approximate surface area is 94.6 Å². The molecule has 0 atom stereocenters. The van der Waals surface area contributed by atoms with Crippen molar-refractivity contribution in [3.8, 4) is 0 Å². The zero-order chi connectivity index (χ0) is 12.7. The maximum absolute atomic E-state index is 11.4. The molecular formula is C10H18N2O4. The minimum atomic E-state index is -0.946. The van der Waals surface area contributed by atoms with E-state index in [2.05, 4.69) is 5.32 Å². The Balaban J connectivity index is 3.87. The number of rotatable bonds is 5. The second-order valence-electron chi connectivity index (χ2n) is 3.81. The first-order chi connectivity index (χ1) is 7.34. The van der Waals surface area contributed by atoms with Crippen LogP contribution in [0.2, 0.25) is 0 Å². The van der Waals surface area contributed by atoms with Crippen molar-refractivity contribution >= 4 is 17.9 Å². The molecule has 3 amide bonds. The van der Waals surface area contributed by atoms with Crippen molar-refractivity contribution < 1.29 is 19.5 Å².